The number of methoxy groups -OCH3 is 1. The normalized spacial score (nSPS) is 16.4. The standard InChI is InChI=1S/C13H20N4O4S/c1-21-12-4-3-11(9-14-12)15-13(18)17-7-5-10(6-8-17)16-22(2,19)20/h3-4,9-10,16H,5-8H2,1-2H3,(H,15,18). The largest absolute Gasteiger partial charge is 0.481 e. The molecule has 0 unspecified atom stereocenters. The monoisotopic (exact) mass is 328 g/mol. The van der Waals surface area contributed by atoms with Crippen molar-refractivity contribution < 1.29 is 17.9 Å². The van der Waals surface area contributed by atoms with Gasteiger partial charge in [0.25, 0.3) is 0 Å². The molecule has 122 valence electrons. The Morgan fingerprint density at radius 2 is 2.05 bits per heavy atom. The Kier molecular flexibility index (Phi) is 5.19. The Morgan fingerprint density at radius 1 is 1.36 bits per heavy atom. The molecule has 8 nitrogen and oxygen atoms in total. The Balaban J connectivity index is 1.84. The van der Waals surface area contributed by atoms with E-state index in [4.69, 9.17) is 4.74 Å². The number of nitrogens with zero attached hydrogens (tertiary/aromatic N) is 2. The smallest absolute Gasteiger partial charge is 0.321 e. The van der Waals surface area contributed by atoms with Crippen LogP contribution < -0.4 is 14.8 Å². The van der Waals surface area contributed by atoms with Gasteiger partial charge in [-0.25, -0.2) is 22.9 Å². The van der Waals surface area contributed by atoms with Crippen LogP contribution in [0.5, 0.6) is 5.88 Å². The lowest BCUT2D eigenvalue weighted by Crippen LogP contribution is -2.47. The lowest BCUT2D eigenvalue weighted by molar-refractivity contribution is 0.193. The zero-order chi connectivity index (χ0) is 16.2. The molecule has 1 aliphatic heterocycles. The minimum atomic E-state index is -3.21. The molecule has 22 heavy (non-hydrogen) atoms. The van der Waals surface area contributed by atoms with Crippen molar-refractivity contribution >= 4 is 21.7 Å². The number of likely N-dealkylation sites (tertiary alicyclic amines) is 1. The maximum absolute atomic E-state index is 12.1. The highest BCUT2D eigenvalue weighted by atomic mass is 32.2. The highest BCUT2D eigenvalue weighted by molar-refractivity contribution is 7.88. The van der Waals surface area contributed by atoms with Gasteiger partial charge in [-0.1, -0.05) is 0 Å². The molecule has 1 aromatic rings. The van der Waals surface area contributed by atoms with Crippen molar-refractivity contribution in [2.75, 3.05) is 31.8 Å². The third-order valence-electron chi connectivity index (χ3n) is 3.36. The van der Waals surface area contributed by atoms with Crippen LogP contribution in [-0.2, 0) is 10.0 Å². The van der Waals surface area contributed by atoms with Crippen LogP contribution in [0.25, 0.3) is 0 Å². The molecule has 0 saturated carbocycles. The van der Waals surface area contributed by atoms with E-state index in [1.165, 1.54) is 13.3 Å². The van der Waals surface area contributed by atoms with E-state index in [1.54, 1.807) is 17.0 Å². The van der Waals surface area contributed by atoms with Gasteiger partial charge in [-0.05, 0) is 18.9 Å². The first-order valence-corrected chi connectivity index (χ1v) is 8.80. The highest BCUT2D eigenvalue weighted by Gasteiger charge is 2.24. The van der Waals surface area contributed by atoms with E-state index in [1.807, 2.05) is 0 Å². The van der Waals surface area contributed by atoms with E-state index >= 15 is 0 Å². The van der Waals surface area contributed by atoms with Crippen LogP contribution in [0, 0.1) is 0 Å². The van der Waals surface area contributed by atoms with E-state index in [0.717, 1.165) is 6.26 Å². The highest BCUT2D eigenvalue weighted by Crippen LogP contribution is 2.15. The van der Waals surface area contributed by atoms with Gasteiger partial charge in [-0.2, -0.15) is 0 Å². The molecule has 2 heterocycles. The summed E-state index contributed by atoms with van der Waals surface area (Å²) in [7, 11) is -1.68. The molecule has 2 N–H and O–H groups in total. The summed E-state index contributed by atoms with van der Waals surface area (Å²) in [5.74, 6) is 0.477. The van der Waals surface area contributed by atoms with Gasteiger partial charge in [0.1, 0.15) is 0 Å². The fourth-order valence-electron chi connectivity index (χ4n) is 2.28. The second-order valence-electron chi connectivity index (χ2n) is 5.17. The molecule has 0 spiro atoms. The van der Waals surface area contributed by atoms with E-state index in [9.17, 15) is 13.2 Å². The number of pyridine rings is 1. The number of urea groups is 1. The summed E-state index contributed by atoms with van der Waals surface area (Å²) in [5.41, 5.74) is 0.585. The number of anilines is 1. The van der Waals surface area contributed by atoms with E-state index in [-0.39, 0.29) is 12.1 Å². The maximum Gasteiger partial charge on any atom is 0.321 e. The number of carbonyl (C=O) groups excluding carboxylic acids is 1. The van der Waals surface area contributed by atoms with Crippen molar-refractivity contribution in [2.45, 2.75) is 18.9 Å². The van der Waals surface area contributed by atoms with Crippen molar-refractivity contribution in [3.63, 3.8) is 0 Å². The molecule has 0 bridgehead atoms. The summed E-state index contributed by atoms with van der Waals surface area (Å²) in [4.78, 5) is 17.8. The first-order valence-electron chi connectivity index (χ1n) is 6.90. The SMILES string of the molecule is COc1ccc(NC(=O)N2CCC(NS(C)(=O)=O)CC2)cn1. The second-order valence-corrected chi connectivity index (χ2v) is 6.95. The summed E-state index contributed by atoms with van der Waals surface area (Å²) in [6.07, 6.45) is 3.86. The predicted octanol–water partition coefficient (Wildman–Crippen LogP) is 0.636. The summed E-state index contributed by atoms with van der Waals surface area (Å²) in [5, 5.41) is 2.76. The predicted molar refractivity (Wildman–Crippen MR) is 82.4 cm³/mol. The van der Waals surface area contributed by atoms with Crippen molar-refractivity contribution in [2.24, 2.45) is 0 Å². The van der Waals surface area contributed by atoms with Gasteiger partial charge < -0.3 is 15.0 Å². The maximum atomic E-state index is 12.1. The molecule has 1 saturated heterocycles. The van der Waals surface area contributed by atoms with Gasteiger partial charge in [0.05, 0.1) is 25.2 Å². The molecular weight excluding hydrogens is 308 g/mol. The number of ether oxygens (including phenoxy) is 1. The van der Waals surface area contributed by atoms with Crippen LogP contribution in [0.15, 0.2) is 18.3 Å². The van der Waals surface area contributed by atoms with E-state index in [0.29, 0.717) is 37.5 Å². The Bertz CT molecular complexity index is 609. The van der Waals surface area contributed by atoms with Gasteiger partial charge in [0, 0.05) is 25.2 Å². The Hall–Kier alpha value is -1.87. The van der Waals surface area contributed by atoms with Gasteiger partial charge in [-0.3, -0.25) is 0 Å². The number of rotatable bonds is 4. The van der Waals surface area contributed by atoms with Crippen molar-refractivity contribution in [3.8, 4) is 5.88 Å². The van der Waals surface area contributed by atoms with Gasteiger partial charge >= 0.3 is 6.03 Å². The number of aromatic nitrogens is 1. The first kappa shape index (κ1) is 16.5. The molecule has 0 atom stereocenters. The van der Waals surface area contributed by atoms with Gasteiger partial charge in [0.2, 0.25) is 15.9 Å². The molecular formula is C13H20N4O4S. The molecule has 0 radical (unpaired) electrons. The van der Waals surface area contributed by atoms with Crippen LogP contribution in [0.3, 0.4) is 0 Å². The van der Waals surface area contributed by atoms with Gasteiger partial charge in [-0.15, -0.1) is 0 Å². The third-order valence-corrected chi connectivity index (χ3v) is 4.12. The van der Waals surface area contributed by atoms with Crippen molar-refractivity contribution in [1.82, 2.24) is 14.6 Å². The van der Waals surface area contributed by atoms with Crippen LogP contribution >= 0.6 is 0 Å². The molecule has 9 heteroatoms. The van der Waals surface area contributed by atoms with Crippen molar-refractivity contribution in [3.05, 3.63) is 18.3 Å². The first-order chi connectivity index (χ1) is 10.4. The van der Waals surface area contributed by atoms with E-state index < -0.39 is 10.0 Å². The number of piperidine rings is 1. The van der Waals surface area contributed by atoms with Crippen LogP contribution in [0.1, 0.15) is 12.8 Å². The number of amides is 2. The average molecular weight is 328 g/mol. The summed E-state index contributed by atoms with van der Waals surface area (Å²) < 4.78 is 29.9. The number of sulfonamides is 1. The van der Waals surface area contributed by atoms with Crippen LogP contribution in [0.2, 0.25) is 0 Å². The topological polar surface area (TPSA) is 101 Å². The minimum Gasteiger partial charge on any atom is -0.481 e. The van der Waals surface area contributed by atoms with Gasteiger partial charge in [0.15, 0.2) is 0 Å². The second kappa shape index (κ2) is 6.93. The number of hydrogen-bond donors (Lipinski definition) is 2. The average Bonchev–Trinajstić information content (AvgIpc) is 2.47. The molecule has 2 rings (SSSR count). The number of hydrogen-bond acceptors (Lipinski definition) is 5. The fourth-order valence-corrected chi connectivity index (χ4v) is 3.12. The molecule has 2 amide bonds. The lowest BCUT2D eigenvalue weighted by Gasteiger charge is -2.31. The summed E-state index contributed by atoms with van der Waals surface area (Å²) >= 11 is 0. The third kappa shape index (κ3) is 4.85. The molecule has 1 fully saturated rings. The van der Waals surface area contributed by atoms with E-state index in [2.05, 4.69) is 15.0 Å². The van der Waals surface area contributed by atoms with Crippen molar-refractivity contribution in [1.29, 1.82) is 0 Å². The molecule has 0 aromatic carbocycles. The Labute approximate surface area is 129 Å². The zero-order valence-electron chi connectivity index (χ0n) is 12.6. The number of carbonyl (C=O) groups is 1. The molecule has 1 aliphatic rings. The Morgan fingerprint density at radius 3 is 2.55 bits per heavy atom. The minimum absolute atomic E-state index is 0.110. The molecule has 0 aliphatic carbocycles. The quantitative estimate of drug-likeness (QED) is 0.844. The summed E-state index contributed by atoms with van der Waals surface area (Å²) in [6, 6.07) is 3.05. The number of nitrogens with one attached hydrogen (secondary N) is 2. The lowest BCUT2D eigenvalue weighted by atomic mass is 10.1. The fraction of sp³-hybridized carbons (Fsp3) is 0.538. The zero-order valence-corrected chi connectivity index (χ0v) is 13.4. The summed E-state index contributed by atoms with van der Waals surface area (Å²) in [6.45, 7) is 1.01. The van der Waals surface area contributed by atoms with Crippen LogP contribution in [-0.4, -0.2) is 56.8 Å². The van der Waals surface area contributed by atoms with Crippen LogP contribution in [0.4, 0.5) is 10.5 Å². The molecule has 1 aromatic heterocycles.